The molecule has 0 aromatic carbocycles. The summed E-state index contributed by atoms with van der Waals surface area (Å²) >= 11 is 1.65. The minimum absolute atomic E-state index is 0.0647. The van der Waals surface area contributed by atoms with Crippen LogP contribution in [0.25, 0.3) is 0 Å². The highest BCUT2D eigenvalue weighted by Crippen LogP contribution is 2.24. The van der Waals surface area contributed by atoms with Crippen molar-refractivity contribution < 1.29 is 9.90 Å². The number of nitrogens with zero attached hydrogens (tertiary/aromatic N) is 1. The van der Waals surface area contributed by atoms with Crippen molar-refractivity contribution in [2.45, 2.75) is 46.3 Å². The topological polar surface area (TPSA) is 52.6 Å². The van der Waals surface area contributed by atoms with Crippen LogP contribution in [-0.4, -0.2) is 35.7 Å². The molecule has 1 aromatic heterocycles. The van der Waals surface area contributed by atoms with Crippen molar-refractivity contribution in [3.63, 3.8) is 0 Å². The van der Waals surface area contributed by atoms with Crippen LogP contribution in [0.15, 0.2) is 17.5 Å². The van der Waals surface area contributed by atoms with Gasteiger partial charge in [0.05, 0.1) is 12.1 Å². The normalized spacial score (nSPS) is 14.7. The third-order valence-corrected chi connectivity index (χ3v) is 4.46. The number of rotatable bonds is 6. The lowest BCUT2D eigenvalue weighted by molar-refractivity contribution is 0.126. The van der Waals surface area contributed by atoms with Crippen LogP contribution in [0.4, 0.5) is 4.79 Å². The zero-order valence-corrected chi connectivity index (χ0v) is 13.8. The molecule has 1 heterocycles. The molecule has 0 saturated heterocycles. The maximum atomic E-state index is 12.2. The van der Waals surface area contributed by atoms with Crippen molar-refractivity contribution in [2.75, 3.05) is 13.6 Å². The smallest absolute Gasteiger partial charge is 0.317 e. The molecule has 0 saturated carbocycles. The monoisotopic (exact) mass is 298 g/mol. The van der Waals surface area contributed by atoms with Gasteiger partial charge in [0.15, 0.2) is 0 Å². The van der Waals surface area contributed by atoms with Crippen LogP contribution < -0.4 is 5.32 Å². The first kappa shape index (κ1) is 17.0. The Bertz CT molecular complexity index is 416. The van der Waals surface area contributed by atoms with Crippen LogP contribution >= 0.6 is 11.3 Å². The number of urea groups is 1. The third-order valence-electron chi connectivity index (χ3n) is 3.42. The molecule has 114 valence electrons. The quantitative estimate of drug-likeness (QED) is 0.847. The van der Waals surface area contributed by atoms with E-state index in [1.807, 2.05) is 38.3 Å². The van der Waals surface area contributed by atoms with Crippen LogP contribution in [0.3, 0.4) is 0 Å². The van der Waals surface area contributed by atoms with E-state index in [4.69, 9.17) is 0 Å². The molecule has 0 aliphatic heterocycles. The lowest BCUT2D eigenvalue weighted by Crippen LogP contribution is -2.43. The maximum Gasteiger partial charge on any atom is 0.317 e. The van der Waals surface area contributed by atoms with Crippen molar-refractivity contribution in [3.8, 4) is 0 Å². The van der Waals surface area contributed by atoms with Gasteiger partial charge in [0.1, 0.15) is 0 Å². The zero-order chi connectivity index (χ0) is 15.3. The number of aliphatic hydroxyl groups is 1. The molecule has 0 fully saturated rings. The van der Waals surface area contributed by atoms with Crippen LogP contribution in [0.5, 0.6) is 0 Å². The summed E-state index contributed by atoms with van der Waals surface area (Å²) in [6.07, 6.45) is 0.307. The fourth-order valence-electron chi connectivity index (χ4n) is 2.21. The highest BCUT2D eigenvalue weighted by molar-refractivity contribution is 7.10. The number of aliphatic hydroxyl groups excluding tert-OH is 1. The van der Waals surface area contributed by atoms with Gasteiger partial charge in [-0.1, -0.05) is 19.9 Å². The summed E-state index contributed by atoms with van der Waals surface area (Å²) in [5, 5.41) is 14.4. The molecule has 20 heavy (non-hydrogen) atoms. The molecule has 5 heteroatoms. The molecule has 0 aliphatic rings. The molecule has 4 nitrogen and oxygen atoms in total. The molecular weight excluding hydrogens is 272 g/mol. The Morgan fingerprint density at radius 2 is 2.15 bits per heavy atom. The second kappa shape index (κ2) is 7.09. The molecule has 0 bridgehead atoms. The van der Waals surface area contributed by atoms with E-state index in [1.54, 1.807) is 30.2 Å². The van der Waals surface area contributed by atoms with Gasteiger partial charge in [-0.15, -0.1) is 11.3 Å². The Morgan fingerprint density at radius 3 is 2.65 bits per heavy atom. The number of thiophene rings is 1. The minimum Gasteiger partial charge on any atom is -0.393 e. The molecule has 2 N–H and O–H groups in total. The molecule has 2 amide bonds. The largest absolute Gasteiger partial charge is 0.393 e. The van der Waals surface area contributed by atoms with Gasteiger partial charge in [-0.2, -0.15) is 0 Å². The van der Waals surface area contributed by atoms with Gasteiger partial charge in [0.2, 0.25) is 0 Å². The standard InChI is InChI=1S/C15H26N2O2S/c1-11(18)9-15(3,4)10-16-14(19)17(5)12(2)13-7-6-8-20-13/h6-8,11-12,18H,9-10H2,1-5H3,(H,16,19). The number of amides is 2. The molecule has 0 spiro atoms. The summed E-state index contributed by atoms with van der Waals surface area (Å²) in [7, 11) is 1.81. The predicted octanol–water partition coefficient (Wildman–Crippen LogP) is 3.25. The number of carbonyl (C=O) groups is 1. The number of carbonyl (C=O) groups excluding carboxylic acids is 1. The Kier molecular flexibility index (Phi) is 6.02. The molecule has 2 unspecified atom stereocenters. The second-order valence-corrected chi connectivity index (χ2v) is 7.16. The summed E-state index contributed by atoms with van der Waals surface area (Å²) in [5.74, 6) is 0. The van der Waals surface area contributed by atoms with Crippen LogP contribution in [0.1, 0.15) is 45.0 Å². The molecule has 0 radical (unpaired) electrons. The van der Waals surface area contributed by atoms with Crippen molar-refractivity contribution in [1.29, 1.82) is 0 Å². The molecule has 1 rings (SSSR count). The van der Waals surface area contributed by atoms with Gasteiger partial charge < -0.3 is 15.3 Å². The Morgan fingerprint density at radius 1 is 1.50 bits per heavy atom. The van der Waals surface area contributed by atoms with Gasteiger partial charge in [0.25, 0.3) is 0 Å². The molecule has 0 aliphatic carbocycles. The van der Waals surface area contributed by atoms with Gasteiger partial charge in [-0.05, 0) is 37.1 Å². The molecule has 1 aromatic rings. The Hall–Kier alpha value is -1.07. The van der Waals surface area contributed by atoms with E-state index in [0.717, 1.165) is 0 Å². The molecule has 2 atom stereocenters. The summed E-state index contributed by atoms with van der Waals surface area (Å²) in [5.41, 5.74) is -0.114. The van der Waals surface area contributed by atoms with Crippen LogP contribution in [0, 0.1) is 5.41 Å². The van der Waals surface area contributed by atoms with Gasteiger partial charge in [-0.3, -0.25) is 0 Å². The van der Waals surface area contributed by atoms with E-state index < -0.39 is 0 Å². The SMILES string of the molecule is CC(O)CC(C)(C)CNC(=O)N(C)C(C)c1cccs1. The van der Waals surface area contributed by atoms with Crippen molar-refractivity contribution >= 4 is 17.4 Å². The highest BCUT2D eigenvalue weighted by atomic mass is 32.1. The van der Waals surface area contributed by atoms with Crippen molar-refractivity contribution in [2.24, 2.45) is 5.41 Å². The van der Waals surface area contributed by atoms with Crippen LogP contribution in [0.2, 0.25) is 0 Å². The zero-order valence-electron chi connectivity index (χ0n) is 13.0. The number of hydrogen-bond acceptors (Lipinski definition) is 3. The van der Waals surface area contributed by atoms with Gasteiger partial charge >= 0.3 is 6.03 Å². The second-order valence-electron chi connectivity index (χ2n) is 6.18. The van der Waals surface area contributed by atoms with Crippen molar-refractivity contribution in [1.82, 2.24) is 10.2 Å². The van der Waals surface area contributed by atoms with E-state index in [1.165, 1.54) is 4.88 Å². The van der Waals surface area contributed by atoms with Gasteiger partial charge in [-0.25, -0.2) is 4.79 Å². The first-order valence-corrected chi connectivity index (χ1v) is 7.83. The third kappa shape index (κ3) is 5.13. The van der Waals surface area contributed by atoms with E-state index >= 15 is 0 Å². The average molecular weight is 298 g/mol. The summed E-state index contributed by atoms with van der Waals surface area (Å²) in [6.45, 7) is 8.44. The summed E-state index contributed by atoms with van der Waals surface area (Å²) in [4.78, 5) is 15.1. The predicted molar refractivity (Wildman–Crippen MR) is 84.0 cm³/mol. The van der Waals surface area contributed by atoms with Gasteiger partial charge in [0, 0.05) is 18.5 Å². The fraction of sp³-hybridized carbons (Fsp3) is 0.667. The van der Waals surface area contributed by atoms with E-state index in [-0.39, 0.29) is 23.6 Å². The lowest BCUT2D eigenvalue weighted by atomic mass is 9.87. The maximum absolute atomic E-state index is 12.2. The van der Waals surface area contributed by atoms with E-state index in [9.17, 15) is 9.90 Å². The molecular formula is C15H26N2O2S. The van der Waals surface area contributed by atoms with E-state index in [0.29, 0.717) is 13.0 Å². The fourth-order valence-corrected chi connectivity index (χ4v) is 3.03. The van der Waals surface area contributed by atoms with E-state index in [2.05, 4.69) is 5.32 Å². The Balaban J connectivity index is 2.50. The average Bonchev–Trinajstić information content (AvgIpc) is 2.86. The first-order valence-electron chi connectivity index (χ1n) is 6.95. The highest BCUT2D eigenvalue weighted by Gasteiger charge is 2.23. The first-order chi connectivity index (χ1) is 9.23. The Labute approximate surface area is 125 Å². The number of nitrogens with one attached hydrogen (secondary N) is 1. The van der Waals surface area contributed by atoms with Crippen molar-refractivity contribution in [3.05, 3.63) is 22.4 Å². The minimum atomic E-state index is -0.357. The summed E-state index contributed by atoms with van der Waals surface area (Å²) in [6, 6.07) is 4.02. The lowest BCUT2D eigenvalue weighted by Gasteiger charge is -2.29. The summed E-state index contributed by atoms with van der Waals surface area (Å²) < 4.78 is 0. The van der Waals surface area contributed by atoms with Crippen LogP contribution in [-0.2, 0) is 0 Å². The number of hydrogen-bond donors (Lipinski definition) is 2.